The molecule has 94 valence electrons. The standard InChI is InChI=1S/C9H7ClF3NO3/c10-4-2-1-3(8(16)17)6(15)5(4)7(14)9(11,12)13/h1-2,7,15H,14H2,(H,16,17)/t7-/m0/s1. The SMILES string of the molecule is N[C@@H](c1c(Cl)ccc(C(=O)O)c1O)C(F)(F)F. The average Bonchev–Trinajstić information content (AvgIpc) is 2.15. The van der Waals surface area contributed by atoms with Gasteiger partial charge in [-0.1, -0.05) is 11.6 Å². The molecule has 1 aromatic rings. The van der Waals surface area contributed by atoms with Crippen LogP contribution in [0.5, 0.6) is 5.75 Å². The van der Waals surface area contributed by atoms with E-state index in [0.29, 0.717) is 0 Å². The molecule has 0 saturated carbocycles. The molecule has 4 N–H and O–H groups in total. The number of benzene rings is 1. The van der Waals surface area contributed by atoms with Crippen molar-refractivity contribution in [1.82, 2.24) is 0 Å². The van der Waals surface area contributed by atoms with E-state index in [9.17, 15) is 23.1 Å². The maximum Gasteiger partial charge on any atom is 0.407 e. The van der Waals surface area contributed by atoms with Gasteiger partial charge in [-0.3, -0.25) is 0 Å². The van der Waals surface area contributed by atoms with Crippen molar-refractivity contribution in [3.63, 3.8) is 0 Å². The van der Waals surface area contributed by atoms with E-state index in [1.165, 1.54) is 0 Å². The van der Waals surface area contributed by atoms with Crippen molar-refractivity contribution < 1.29 is 28.2 Å². The van der Waals surface area contributed by atoms with Gasteiger partial charge in [0, 0.05) is 10.6 Å². The number of halogens is 4. The van der Waals surface area contributed by atoms with Crippen LogP contribution in [0.1, 0.15) is 22.0 Å². The van der Waals surface area contributed by atoms with E-state index in [1.807, 2.05) is 0 Å². The van der Waals surface area contributed by atoms with Gasteiger partial charge >= 0.3 is 12.1 Å². The Morgan fingerprint density at radius 2 is 1.94 bits per heavy atom. The van der Waals surface area contributed by atoms with Crippen LogP contribution in [0, 0.1) is 0 Å². The number of aromatic hydroxyl groups is 1. The molecular weight excluding hydrogens is 263 g/mol. The summed E-state index contributed by atoms with van der Waals surface area (Å²) < 4.78 is 37.2. The molecule has 0 spiro atoms. The highest BCUT2D eigenvalue weighted by molar-refractivity contribution is 6.31. The van der Waals surface area contributed by atoms with Gasteiger partial charge in [-0.25, -0.2) is 4.79 Å². The van der Waals surface area contributed by atoms with E-state index in [2.05, 4.69) is 0 Å². The van der Waals surface area contributed by atoms with Crippen molar-refractivity contribution in [1.29, 1.82) is 0 Å². The van der Waals surface area contributed by atoms with Crippen LogP contribution in [-0.2, 0) is 0 Å². The summed E-state index contributed by atoms with van der Waals surface area (Å²) >= 11 is 5.47. The van der Waals surface area contributed by atoms with Crippen LogP contribution in [0.2, 0.25) is 5.02 Å². The highest BCUT2D eigenvalue weighted by atomic mass is 35.5. The lowest BCUT2D eigenvalue weighted by molar-refractivity contribution is -0.149. The van der Waals surface area contributed by atoms with Gasteiger partial charge in [0.15, 0.2) is 0 Å². The Balaban J connectivity index is 3.42. The van der Waals surface area contributed by atoms with Crippen molar-refractivity contribution in [3.05, 3.63) is 28.3 Å². The molecule has 0 fully saturated rings. The Morgan fingerprint density at radius 3 is 2.35 bits per heavy atom. The number of carbonyl (C=O) groups is 1. The van der Waals surface area contributed by atoms with Gasteiger partial charge in [0.1, 0.15) is 17.4 Å². The lowest BCUT2D eigenvalue weighted by Crippen LogP contribution is -2.29. The first kappa shape index (κ1) is 13.6. The Bertz CT molecular complexity index is 462. The van der Waals surface area contributed by atoms with Gasteiger partial charge in [-0.15, -0.1) is 0 Å². The molecule has 0 bridgehead atoms. The number of carboxylic acid groups (broad SMARTS) is 1. The molecule has 0 unspecified atom stereocenters. The number of phenols is 1. The molecule has 1 atom stereocenters. The Labute approximate surface area is 98.4 Å². The van der Waals surface area contributed by atoms with E-state index in [-0.39, 0.29) is 0 Å². The second kappa shape index (κ2) is 4.42. The lowest BCUT2D eigenvalue weighted by atomic mass is 10.0. The molecule has 0 aromatic heterocycles. The number of aromatic carboxylic acids is 1. The van der Waals surface area contributed by atoms with Crippen LogP contribution in [0.3, 0.4) is 0 Å². The van der Waals surface area contributed by atoms with Gasteiger partial charge in [0.2, 0.25) is 0 Å². The second-order valence-corrected chi connectivity index (χ2v) is 3.59. The van der Waals surface area contributed by atoms with Crippen LogP contribution < -0.4 is 5.73 Å². The molecule has 0 aliphatic carbocycles. The van der Waals surface area contributed by atoms with Crippen molar-refractivity contribution in [2.75, 3.05) is 0 Å². The summed E-state index contributed by atoms with van der Waals surface area (Å²) in [6.45, 7) is 0. The Kier molecular flexibility index (Phi) is 3.53. The first-order chi connectivity index (χ1) is 7.66. The monoisotopic (exact) mass is 269 g/mol. The van der Waals surface area contributed by atoms with Crippen LogP contribution in [0.4, 0.5) is 13.2 Å². The highest BCUT2D eigenvalue weighted by Crippen LogP contribution is 2.40. The van der Waals surface area contributed by atoms with Crippen LogP contribution >= 0.6 is 11.6 Å². The number of carboxylic acids is 1. The number of alkyl halides is 3. The quantitative estimate of drug-likeness (QED) is 0.769. The molecule has 0 aliphatic heterocycles. The van der Waals surface area contributed by atoms with Gasteiger partial charge in [0.05, 0.1) is 0 Å². The smallest absolute Gasteiger partial charge is 0.407 e. The molecule has 1 rings (SSSR count). The summed E-state index contributed by atoms with van der Waals surface area (Å²) in [5.41, 5.74) is 3.34. The molecule has 0 amide bonds. The van der Waals surface area contributed by atoms with E-state index in [4.69, 9.17) is 22.4 Å². The third kappa shape index (κ3) is 2.62. The summed E-state index contributed by atoms with van der Waals surface area (Å²) in [7, 11) is 0. The largest absolute Gasteiger partial charge is 0.507 e. The van der Waals surface area contributed by atoms with Gasteiger partial charge < -0.3 is 15.9 Å². The summed E-state index contributed by atoms with van der Waals surface area (Å²) in [5.74, 6) is -2.65. The Morgan fingerprint density at radius 1 is 1.41 bits per heavy atom. The summed E-state index contributed by atoms with van der Waals surface area (Å²) in [6, 6.07) is -0.715. The van der Waals surface area contributed by atoms with Crippen LogP contribution in [-0.4, -0.2) is 22.4 Å². The fourth-order valence-corrected chi connectivity index (χ4v) is 1.49. The first-order valence-corrected chi connectivity index (χ1v) is 4.61. The fourth-order valence-electron chi connectivity index (χ4n) is 1.22. The zero-order valence-electron chi connectivity index (χ0n) is 8.12. The maximum absolute atomic E-state index is 12.4. The number of rotatable bonds is 2. The Hall–Kier alpha value is -1.47. The molecular formula is C9H7ClF3NO3. The average molecular weight is 270 g/mol. The second-order valence-electron chi connectivity index (χ2n) is 3.18. The molecule has 0 aliphatic rings. The molecule has 0 radical (unpaired) electrons. The molecule has 1 aromatic carbocycles. The number of nitrogens with two attached hydrogens (primary N) is 1. The van der Waals surface area contributed by atoms with Crippen molar-refractivity contribution in [2.45, 2.75) is 12.2 Å². The lowest BCUT2D eigenvalue weighted by Gasteiger charge is -2.19. The zero-order chi connectivity index (χ0) is 13.4. The fraction of sp³-hybridized carbons (Fsp3) is 0.222. The first-order valence-electron chi connectivity index (χ1n) is 4.23. The van der Waals surface area contributed by atoms with Crippen LogP contribution in [0.15, 0.2) is 12.1 Å². The van der Waals surface area contributed by atoms with E-state index in [0.717, 1.165) is 12.1 Å². The van der Waals surface area contributed by atoms with Crippen molar-refractivity contribution in [3.8, 4) is 5.75 Å². The topological polar surface area (TPSA) is 83.6 Å². The molecule has 0 heterocycles. The molecule has 8 heteroatoms. The number of hydrogen-bond acceptors (Lipinski definition) is 3. The molecule has 17 heavy (non-hydrogen) atoms. The van der Waals surface area contributed by atoms with Crippen molar-refractivity contribution in [2.24, 2.45) is 5.73 Å². The van der Waals surface area contributed by atoms with E-state index >= 15 is 0 Å². The van der Waals surface area contributed by atoms with E-state index in [1.54, 1.807) is 0 Å². The summed E-state index contributed by atoms with van der Waals surface area (Å²) in [6.07, 6.45) is -4.84. The number of hydrogen-bond donors (Lipinski definition) is 3. The summed E-state index contributed by atoms with van der Waals surface area (Å²) in [4.78, 5) is 10.6. The minimum Gasteiger partial charge on any atom is -0.507 e. The predicted octanol–water partition coefficient (Wildman–Crippen LogP) is 2.31. The summed E-state index contributed by atoms with van der Waals surface area (Å²) in [5, 5.41) is 17.6. The molecule has 4 nitrogen and oxygen atoms in total. The minimum atomic E-state index is -4.84. The highest BCUT2D eigenvalue weighted by Gasteiger charge is 2.41. The van der Waals surface area contributed by atoms with E-state index < -0.39 is 40.1 Å². The van der Waals surface area contributed by atoms with Gasteiger partial charge in [-0.2, -0.15) is 13.2 Å². The minimum absolute atomic E-state index is 0.447. The predicted molar refractivity (Wildman–Crippen MR) is 53.1 cm³/mol. The third-order valence-corrected chi connectivity index (χ3v) is 2.39. The van der Waals surface area contributed by atoms with Crippen molar-refractivity contribution >= 4 is 17.6 Å². The third-order valence-electron chi connectivity index (χ3n) is 2.06. The van der Waals surface area contributed by atoms with Gasteiger partial charge in [0.25, 0.3) is 0 Å². The van der Waals surface area contributed by atoms with Crippen LogP contribution in [0.25, 0.3) is 0 Å². The maximum atomic E-state index is 12.4. The van der Waals surface area contributed by atoms with Gasteiger partial charge in [-0.05, 0) is 12.1 Å². The molecule has 0 saturated heterocycles. The zero-order valence-corrected chi connectivity index (χ0v) is 8.88. The normalized spacial score (nSPS) is 13.5.